The third kappa shape index (κ3) is 4.68. The van der Waals surface area contributed by atoms with E-state index in [-0.39, 0.29) is 18.2 Å². The summed E-state index contributed by atoms with van der Waals surface area (Å²) in [5, 5.41) is 5.67. The third-order valence-corrected chi connectivity index (χ3v) is 5.33. The van der Waals surface area contributed by atoms with Crippen molar-refractivity contribution >= 4 is 35.2 Å². The van der Waals surface area contributed by atoms with Crippen molar-refractivity contribution in [1.29, 1.82) is 0 Å². The minimum atomic E-state index is -0.509. The van der Waals surface area contributed by atoms with Gasteiger partial charge in [0.1, 0.15) is 0 Å². The molecule has 6 nitrogen and oxygen atoms in total. The van der Waals surface area contributed by atoms with Crippen LogP contribution in [0, 0.1) is 6.92 Å². The number of anilines is 1. The molecule has 0 bridgehead atoms. The molecule has 1 aliphatic heterocycles. The molecular formula is C20H20N2O4S. The van der Waals surface area contributed by atoms with E-state index in [0.29, 0.717) is 17.0 Å². The van der Waals surface area contributed by atoms with Gasteiger partial charge in [0.05, 0.1) is 31.0 Å². The summed E-state index contributed by atoms with van der Waals surface area (Å²) in [5.41, 5.74) is 2.95. The number of methoxy groups -OCH3 is 1. The van der Waals surface area contributed by atoms with Crippen LogP contribution in [-0.4, -0.2) is 30.6 Å². The first kappa shape index (κ1) is 19.0. The molecule has 27 heavy (non-hydrogen) atoms. The molecule has 1 heterocycles. The van der Waals surface area contributed by atoms with Crippen molar-refractivity contribution in [1.82, 2.24) is 5.32 Å². The highest BCUT2D eigenvalue weighted by atomic mass is 32.2. The maximum atomic E-state index is 12.7. The smallest absolute Gasteiger partial charge is 0.307 e. The van der Waals surface area contributed by atoms with Crippen LogP contribution in [0.3, 0.4) is 0 Å². The molecule has 2 aromatic rings. The summed E-state index contributed by atoms with van der Waals surface area (Å²) in [4.78, 5) is 37.0. The number of ether oxygens (including phenoxy) is 1. The summed E-state index contributed by atoms with van der Waals surface area (Å²) in [6.45, 7) is 1.97. The zero-order valence-electron chi connectivity index (χ0n) is 15.1. The fraction of sp³-hybridized carbons (Fsp3) is 0.250. The number of fused-ring (bicyclic) bond motifs is 1. The summed E-state index contributed by atoms with van der Waals surface area (Å²) in [6.07, 6.45) is 0.0306. The lowest BCUT2D eigenvalue weighted by molar-refractivity contribution is -0.141. The van der Waals surface area contributed by atoms with Gasteiger partial charge >= 0.3 is 5.97 Å². The van der Waals surface area contributed by atoms with Crippen LogP contribution >= 0.6 is 11.8 Å². The fourth-order valence-corrected chi connectivity index (χ4v) is 3.56. The number of aryl methyl sites for hydroxylation is 1. The second kappa shape index (κ2) is 8.26. The molecule has 2 amide bonds. The Morgan fingerprint density at radius 3 is 2.67 bits per heavy atom. The molecule has 0 aliphatic carbocycles. The molecule has 7 heteroatoms. The molecule has 1 aliphatic rings. The average Bonchev–Trinajstić information content (AvgIpc) is 2.67. The van der Waals surface area contributed by atoms with E-state index in [4.69, 9.17) is 4.74 Å². The van der Waals surface area contributed by atoms with Gasteiger partial charge in [-0.1, -0.05) is 29.8 Å². The van der Waals surface area contributed by atoms with Crippen LogP contribution in [0.15, 0.2) is 47.4 Å². The molecule has 2 N–H and O–H groups in total. The predicted octanol–water partition coefficient (Wildman–Crippen LogP) is 3.07. The molecular weight excluding hydrogens is 364 g/mol. The van der Waals surface area contributed by atoms with E-state index in [1.54, 1.807) is 12.1 Å². The van der Waals surface area contributed by atoms with E-state index >= 15 is 0 Å². The summed E-state index contributed by atoms with van der Waals surface area (Å²) >= 11 is 1.44. The third-order valence-electron chi connectivity index (χ3n) is 4.26. The van der Waals surface area contributed by atoms with Crippen molar-refractivity contribution in [2.45, 2.75) is 24.3 Å². The fourth-order valence-electron chi connectivity index (χ4n) is 2.77. The number of carbonyl (C=O) groups is 3. The molecule has 0 fully saturated rings. The van der Waals surface area contributed by atoms with Crippen LogP contribution in [0.2, 0.25) is 0 Å². The molecule has 0 aromatic heterocycles. The van der Waals surface area contributed by atoms with Gasteiger partial charge < -0.3 is 15.4 Å². The van der Waals surface area contributed by atoms with Crippen LogP contribution < -0.4 is 10.6 Å². The summed E-state index contributed by atoms with van der Waals surface area (Å²) in [5.74, 6) is -0.451. The highest BCUT2D eigenvalue weighted by Crippen LogP contribution is 2.32. The number of carbonyl (C=O) groups excluding carboxylic acids is 3. The van der Waals surface area contributed by atoms with E-state index in [0.717, 1.165) is 16.0 Å². The molecule has 1 atom stereocenters. The molecule has 2 aromatic carbocycles. The van der Waals surface area contributed by atoms with Crippen molar-refractivity contribution < 1.29 is 19.1 Å². The molecule has 1 unspecified atom stereocenters. The summed E-state index contributed by atoms with van der Waals surface area (Å²) in [7, 11) is 1.32. The predicted molar refractivity (Wildman–Crippen MR) is 104 cm³/mol. The lowest BCUT2D eigenvalue weighted by atomic mass is 10.0. The maximum Gasteiger partial charge on any atom is 0.307 e. The number of rotatable bonds is 5. The van der Waals surface area contributed by atoms with E-state index in [1.807, 2.05) is 37.3 Å². The normalized spacial score (nSPS) is 13.9. The van der Waals surface area contributed by atoms with Gasteiger partial charge in [0.2, 0.25) is 5.91 Å². The maximum absolute atomic E-state index is 12.7. The van der Waals surface area contributed by atoms with Gasteiger partial charge in [-0.25, -0.2) is 0 Å². The molecule has 0 radical (unpaired) electrons. The molecule has 0 saturated carbocycles. The molecule has 140 valence electrons. The van der Waals surface area contributed by atoms with E-state index in [1.165, 1.54) is 18.9 Å². The van der Waals surface area contributed by atoms with Crippen LogP contribution in [-0.2, 0) is 14.3 Å². The van der Waals surface area contributed by atoms with Gasteiger partial charge in [0.15, 0.2) is 0 Å². The number of thioether (sulfide) groups is 1. The van der Waals surface area contributed by atoms with Crippen LogP contribution in [0.1, 0.15) is 33.9 Å². The first-order valence-electron chi connectivity index (χ1n) is 8.47. The van der Waals surface area contributed by atoms with Crippen LogP contribution in [0.25, 0.3) is 0 Å². The number of benzene rings is 2. The Hall–Kier alpha value is -2.80. The lowest BCUT2D eigenvalue weighted by Gasteiger charge is -2.20. The Morgan fingerprint density at radius 1 is 1.22 bits per heavy atom. The van der Waals surface area contributed by atoms with Gasteiger partial charge in [0.25, 0.3) is 5.91 Å². The Labute approximate surface area is 161 Å². The van der Waals surface area contributed by atoms with Crippen molar-refractivity contribution in [2.24, 2.45) is 0 Å². The zero-order chi connectivity index (χ0) is 19.4. The van der Waals surface area contributed by atoms with Crippen molar-refractivity contribution in [3.63, 3.8) is 0 Å². The van der Waals surface area contributed by atoms with E-state index < -0.39 is 12.0 Å². The van der Waals surface area contributed by atoms with Gasteiger partial charge in [-0.3, -0.25) is 14.4 Å². The van der Waals surface area contributed by atoms with Crippen molar-refractivity contribution in [2.75, 3.05) is 18.2 Å². The first-order chi connectivity index (χ1) is 13.0. The lowest BCUT2D eigenvalue weighted by Crippen LogP contribution is -2.30. The van der Waals surface area contributed by atoms with Crippen LogP contribution in [0.4, 0.5) is 5.69 Å². The minimum absolute atomic E-state index is 0.0306. The number of hydrogen-bond donors (Lipinski definition) is 2. The Balaban J connectivity index is 1.81. The quantitative estimate of drug-likeness (QED) is 0.774. The van der Waals surface area contributed by atoms with Gasteiger partial charge in [-0.15, -0.1) is 11.8 Å². The zero-order valence-corrected chi connectivity index (χ0v) is 15.9. The van der Waals surface area contributed by atoms with Gasteiger partial charge in [0, 0.05) is 10.5 Å². The van der Waals surface area contributed by atoms with E-state index in [2.05, 4.69) is 10.6 Å². The topological polar surface area (TPSA) is 84.5 Å². The number of amides is 2. The summed E-state index contributed by atoms with van der Waals surface area (Å²) < 4.78 is 4.76. The highest BCUT2D eigenvalue weighted by Gasteiger charge is 2.22. The van der Waals surface area contributed by atoms with Crippen molar-refractivity contribution in [3.05, 3.63) is 59.2 Å². The highest BCUT2D eigenvalue weighted by molar-refractivity contribution is 8.00. The minimum Gasteiger partial charge on any atom is -0.469 e. The Bertz CT molecular complexity index is 880. The summed E-state index contributed by atoms with van der Waals surface area (Å²) in [6, 6.07) is 12.3. The SMILES string of the molecule is COC(=O)CC(NC(=O)c1ccc2c(c1)NC(=O)CS2)c1ccc(C)cc1. The second-order valence-electron chi connectivity index (χ2n) is 6.26. The average molecular weight is 384 g/mol. The molecule has 3 rings (SSSR count). The number of esters is 1. The monoisotopic (exact) mass is 384 g/mol. The van der Waals surface area contributed by atoms with Gasteiger partial charge in [-0.05, 0) is 30.7 Å². The Kier molecular flexibility index (Phi) is 5.81. The molecule has 0 saturated heterocycles. The molecule has 0 spiro atoms. The van der Waals surface area contributed by atoms with E-state index in [9.17, 15) is 14.4 Å². The number of nitrogens with one attached hydrogen (secondary N) is 2. The first-order valence-corrected chi connectivity index (χ1v) is 9.46. The Morgan fingerprint density at radius 2 is 1.96 bits per heavy atom. The van der Waals surface area contributed by atoms with Crippen molar-refractivity contribution in [3.8, 4) is 0 Å². The standard InChI is InChI=1S/C20H20N2O4S/c1-12-3-5-13(6-4-12)15(10-19(24)26-2)22-20(25)14-7-8-17-16(9-14)21-18(23)11-27-17/h3-9,15H,10-11H2,1-2H3,(H,21,23)(H,22,25). The van der Waals surface area contributed by atoms with Crippen LogP contribution in [0.5, 0.6) is 0 Å². The van der Waals surface area contributed by atoms with Gasteiger partial charge in [-0.2, -0.15) is 0 Å². The second-order valence-corrected chi connectivity index (χ2v) is 7.28. The number of hydrogen-bond acceptors (Lipinski definition) is 5. The largest absolute Gasteiger partial charge is 0.469 e.